The minimum atomic E-state index is 0. The molecule has 0 spiro atoms. The molecule has 2 nitrogen and oxygen atoms in total. The molecule has 0 heterocycles. The molecule has 1 rings (SSSR count). The van der Waals surface area contributed by atoms with Crippen LogP contribution in [0.5, 0.6) is 5.75 Å². The van der Waals surface area contributed by atoms with Crippen LogP contribution >= 0.6 is 0 Å². The molecular weight excluding hydrogens is 239 g/mol. The molecule has 0 saturated heterocycles. The van der Waals surface area contributed by atoms with Crippen molar-refractivity contribution in [2.24, 2.45) is 0 Å². The molecule has 0 bridgehead atoms. The molecule has 3 heteroatoms. The van der Waals surface area contributed by atoms with Crippen molar-refractivity contribution in [2.45, 2.75) is 13.8 Å². The van der Waals surface area contributed by atoms with Gasteiger partial charge in [-0.1, -0.05) is 32.0 Å². The Balaban J connectivity index is -0.000000234. The fourth-order valence-electron chi connectivity index (χ4n) is 0.597. The van der Waals surface area contributed by atoms with Crippen LogP contribution in [0.15, 0.2) is 24.3 Å². The van der Waals surface area contributed by atoms with Crippen LogP contribution in [0.4, 0.5) is 0 Å². The molecule has 1 aromatic carbocycles. The number of nitrogens with zero attached hydrogens (tertiary/aromatic N) is 1. The Labute approximate surface area is 106 Å². The topological polar surface area (TPSA) is 42.5 Å². The second kappa shape index (κ2) is 11.8. The van der Waals surface area contributed by atoms with Crippen LogP contribution in [0, 0.1) is 7.43 Å². The third-order valence-electron chi connectivity index (χ3n) is 1.08. The maximum Gasteiger partial charge on any atom is 0.120 e. The van der Waals surface area contributed by atoms with Crippen molar-refractivity contribution in [1.29, 1.82) is 0 Å². The second-order valence-electron chi connectivity index (χ2n) is 1.69. The van der Waals surface area contributed by atoms with Crippen LogP contribution in [-0.4, -0.2) is 11.3 Å². The number of benzene rings is 1. The van der Waals surface area contributed by atoms with Gasteiger partial charge in [-0.05, 0) is 11.6 Å². The molecule has 0 fully saturated rings. The van der Waals surface area contributed by atoms with Crippen molar-refractivity contribution in [1.82, 2.24) is 0 Å². The summed E-state index contributed by atoms with van der Waals surface area (Å²) in [5, 5.41) is 17.4. The van der Waals surface area contributed by atoms with E-state index in [0.29, 0.717) is 5.56 Å². The quantitative estimate of drug-likeness (QED) is 0.607. The maximum atomic E-state index is 8.92. The van der Waals surface area contributed by atoms with Crippen LogP contribution in [-0.2, 0) is 32.7 Å². The van der Waals surface area contributed by atoms with Crippen LogP contribution in [0.2, 0.25) is 0 Å². The summed E-state index contributed by atoms with van der Waals surface area (Å²) in [6.07, 6.45) is 0.870. The molecule has 0 aliphatic heterocycles. The van der Waals surface area contributed by atoms with E-state index in [1.165, 1.54) is 6.07 Å². The number of hydrogen-bond acceptors (Lipinski definition) is 1. The van der Waals surface area contributed by atoms with Crippen molar-refractivity contribution in [2.75, 3.05) is 0 Å². The van der Waals surface area contributed by atoms with Crippen LogP contribution < -0.4 is 0 Å². The van der Waals surface area contributed by atoms with Gasteiger partial charge in [0.2, 0.25) is 0 Å². The normalized spacial score (nSPS) is 6.62. The van der Waals surface area contributed by atoms with Gasteiger partial charge >= 0.3 is 0 Å². The Morgan fingerprint density at radius 1 is 1.23 bits per heavy atom. The fourth-order valence-corrected chi connectivity index (χ4v) is 0.597. The molecular formula is C10H15NOY-2. The molecule has 1 N–H and O–H groups in total. The summed E-state index contributed by atoms with van der Waals surface area (Å²) in [4.78, 5) is 0. The monoisotopic (exact) mass is 254 g/mol. The molecule has 71 valence electrons. The zero-order chi connectivity index (χ0) is 8.69. The van der Waals surface area contributed by atoms with E-state index in [-0.39, 0.29) is 45.9 Å². The van der Waals surface area contributed by atoms with E-state index in [4.69, 9.17) is 10.5 Å². The van der Waals surface area contributed by atoms with Gasteiger partial charge < -0.3 is 17.9 Å². The summed E-state index contributed by atoms with van der Waals surface area (Å²) < 4.78 is 0. The van der Waals surface area contributed by atoms with Gasteiger partial charge in [0.05, 0.1) is 0 Å². The molecule has 13 heavy (non-hydrogen) atoms. The number of phenols is 1. The van der Waals surface area contributed by atoms with Crippen LogP contribution in [0.1, 0.15) is 19.4 Å². The van der Waals surface area contributed by atoms with E-state index in [9.17, 15) is 0 Å². The van der Waals surface area contributed by atoms with Gasteiger partial charge in [-0.3, -0.25) is 0 Å². The molecule has 1 radical (unpaired) electrons. The van der Waals surface area contributed by atoms with E-state index in [1.807, 2.05) is 13.8 Å². The van der Waals surface area contributed by atoms with Crippen molar-refractivity contribution in [3.05, 3.63) is 42.7 Å². The molecule has 0 saturated carbocycles. The third kappa shape index (κ3) is 6.91. The first-order valence-corrected chi connectivity index (χ1v) is 3.60. The summed E-state index contributed by atoms with van der Waals surface area (Å²) >= 11 is 0. The summed E-state index contributed by atoms with van der Waals surface area (Å²) in [5.74, 6) is 0.0972. The number of phenolic OH excluding ortho intramolecular Hbond substituents is 1. The van der Waals surface area contributed by atoms with Crippen molar-refractivity contribution >= 4 is 6.21 Å². The fraction of sp³-hybridized carbons (Fsp3) is 0.200. The molecule has 0 aliphatic carbocycles. The standard InChI is InChI=1S/C7H6NO.C2H6.CH3.Y/c8-5-6-3-1-2-4-7(6)9;1-2;;/h1-5,9H;1-2H3;1H3;/q-1;;-1;. The van der Waals surface area contributed by atoms with Crippen LogP contribution in [0.3, 0.4) is 0 Å². The molecule has 0 atom stereocenters. The predicted molar refractivity (Wildman–Crippen MR) is 54.4 cm³/mol. The Kier molecular flexibility index (Phi) is 16.8. The van der Waals surface area contributed by atoms with Crippen molar-refractivity contribution < 1.29 is 37.8 Å². The van der Waals surface area contributed by atoms with Gasteiger partial charge in [0, 0.05) is 32.7 Å². The van der Waals surface area contributed by atoms with Gasteiger partial charge in [-0.2, -0.15) is 6.21 Å². The summed E-state index contributed by atoms with van der Waals surface area (Å²) in [7, 11) is 0. The van der Waals surface area contributed by atoms with Gasteiger partial charge in [0.15, 0.2) is 0 Å². The largest absolute Gasteiger partial charge is 0.810 e. The van der Waals surface area contributed by atoms with E-state index in [2.05, 4.69) is 0 Å². The summed E-state index contributed by atoms with van der Waals surface area (Å²) in [6, 6.07) is 6.57. The van der Waals surface area contributed by atoms with Gasteiger partial charge in [-0.25, -0.2) is 0 Å². The average molecular weight is 254 g/mol. The predicted octanol–water partition coefficient (Wildman–Crippen LogP) is 2.85. The average Bonchev–Trinajstić information content (AvgIpc) is 2.09. The SMILES string of the molecule is CC.[CH3-].[N-]=Cc1ccccc1O.[Y]. The smallest absolute Gasteiger partial charge is 0.120 e. The number of para-hydroxylation sites is 1. The molecule has 0 aromatic heterocycles. The second-order valence-corrected chi connectivity index (χ2v) is 1.69. The summed E-state index contributed by atoms with van der Waals surface area (Å²) in [5.41, 5.74) is 0.442. The minimum absolute atomic E-state index is 0. The zero-order valence-corrected chi connectivity index (χ0v) is 11.2. The van der Waals surface area contributed by atoms with Gasteiger partial charge in [0.1, 0.15) is 5.75 Å². The Morgan fingerprint density at radius 3 is 2.00 bits per heavy atom. The molecule has 0 amide bonds. The summed E-state index contributed by atoms with van der Waals surface area (Å²) in [6.45, 7) is 4.00. The Hall–Kier alpha value is -0.206. The van der Waals surface area contributed by atoms with E-state index in [1.54, 1.807) is 18.2 Å². The van der Waals surface area contributed by atoms with E-state index >= 15 is 0 Å². The zero-order valence-electron chi connectivity index (χ0n) is 8.36. The molecule has 0 unspecified atom stereocenters. The van der Waals surface area contributed by atoms with Crippen molar-refractivity contribution in [3.63, 3.8) is 0 Å². The number of aromatic hydroxyl groups is 1. The molecule has 0 aliphatic rings. The first-order valence-electron chi connectivity index (χ1n) is 3.60. The first-order chi connectivity index (χ1) is 5.34. The van der Waals surface area contributed by atoms with E-state index in [0.717, 1.165) is 6.21 Å². The number of hydrogen-bond donors (Lipinski definition) is 1. The Morgan fingerprint density at radius 2 is 1.69 bits per heavy atom. The first kappa shape index (κ1) is 18.6. The van der Waals surface area contributed by atoms with Gasteiger partial charge in [0.25, 0.3) is 0 Å². The Bertz CT molecular complexity index is 226. The minimum Gasteiger partial charge on any atom is -0.810 e. The number of rotatable bonds is 1. The third-order valence-corrected chi connectivity index (χ3v) is 1.08. The molecule has 1 aromatic rings. The van der Waals surface area contributed by atoms with E-state index < -0.39 is 0 Å². The van der Waals surface area contributed by atoms with Crippen molar-refractivity contribution in [3.8, 4) is 5.75 Å². The maximum absolute atomic E-state index is 8.92. The van der Waals surface area contributed by atoms with Crippen LogP contribution in [0.25, 0.3) is 5.41 Å². The van der Waals surface area contributed by atoms with Gasteiger partial charge in [-0.15, -0.1) is 0 Å².